The maximum Gasteiger partial charge on any atom is 0.0410 e. The van der Waals surface area contributed by atoms with Crippen LogP contribution in [0.4, 0.5) is 0 Å². The van der Waals surface area contributed by atoms with Crippen LogP contribution >= 0.6 is 27.7 Å². The van der Waals surface area contributed by atoms with Gasteiger partial charge < -0.3 is 0 Å². The van der Waals surface area contributed by atoms with Crippen LogP contribution < -0.4 is 0 Å². The fourth-order valence-corrected chi connectivity index (χ4v) is 2.48. The molecular formula is C12H19BrN2S. The Morgan fingerprint density at radius 3 is 2.88 bits per heavy atom. The molecule has 0 amide bonds. The summed E-state index contributed by atoms with van der Waals surface area (Å²) in [5.74, 6) is 1.22. The summed E-state index contributed by atoms with van der Waals surface area (Å²) in [6.07, 6.45) is 7.15. The van der Waals surface area contributed by atoms with Gasteiger partial charge in [0.2, 0.25) is 0 Å². The maximum absolute atomic E-state index is 4.18. The van der Waals surface area contributed by atoms with Gasteiger partial charge in [0.05, 0.1) is 0 Å². The summed E-state index contributed by atoms with van der Waals surface area (Å²) in [6.45, 7) is 3.24. The third kappa shape index (κ3) is 4.85. The van der Waals surface area contributed by atoms with E-state index in [-0.39, 0.29) is 0 Å². The molecule has 1 atom stereocenters. The summed E-state index contributed by atoms with van der Waals surface area (Å²) < 4.78 is 1.05. The lowest BCUT2D eigenvalue weighted by molar-refractivity contribution is 0.245. The number of pyridine rings is 1. The Hall–Kier alpha value is -0.0600. The van der Waals surface area contributed by atoms with Crippen LogP contribution in [0.5, 0.6) is 0 Å². The van der Waals surface area contributed by atoms with Gasteiger partial charge in [-0.1, -0.05) is 0 Å². The predicted molar refractivity (Wildman–Crippen MR) is 75.9 cm³/mol. The van der Waals surface area contributed by atoms with E-state index in [1.807, 2.05) is 24.2 Å². The zero-order valence-electron chi connectivity index (χ0n) is 10.1. The average molecular weight is 303 g/mol. The van der Waals surface area contributed by atoms with Gasteiger partial charge in [-0.3, -0.25) is 9.88 Å². The number of halogens is 1. The summed E-state index contributed by atoms with van der Waals surface area (Å²) >= 11 is 5.36. The fraction of sp³-hybridized carbons (Fsp3) is 0.583. The van der Waals surface area contributed by atoms with Crippen LogP contribution in [0.15, 0.2) is 22.9 Å². The highest BCUT2D eigenvalue weighted by atomic mass is 79.9. The van der Waals surface area contributed by atoms with E-state index in [4.69, 9.17) is 0 Å². The quantitative estimate of drug-likeness (QED) is 0.801. The molecular weight excluding hydrogens is 284 g/mol. The van der Waals surface area contributed by atoms with E-state index >= 15 is 0 Å². The number of aromatic nitrogens is 1. The van der Waals surface area contributed by atoms with Gasteiger partial charge in [0.25, 0.3) is 0 Å². The van der Waals surface area contributed by atoms with Gasteiger partial charge >= 0.3 is 0 Å². The number of thioether (sulfide) groups is 1. The van der Waals surface area contributed by atoms with Crippen molar-refractivity contribution in [3.05, 3.63) is 28.5 Å². The number of hydrogen-bond donors (Lipinski definition) is 0. The standard InChI is InChI=1S/C12H19BrN2S/c1-10(4-5-16-3)15(2)9-11-6-12(13)8-14-7-11/h6-8,10H,4-5,9H2,1-3H3. The first-order valence-electron chi connectivity index (χ1n) is 5.42. The van der Waals surface area contributed by atoms with E-state index in [1.165, 1.54) is 17.7 Å². The molecule has 0 aliphatic heterocycles. The number of nitrogens with zero attached hydrogens (tertiary/aromatic N) is 2. The van der Waals surface area contributed by atoms with Gasteiger partial charge in [-0.2, -0.15) is 11.8 Å². The molecule has 0 aliphatic carbocycles. The van der Waals surface area contributed by atoms with Crippen molar-refractivity contribution in [2.45, 2.75) is 25.9 Å². The van der Waals surface area contributed by atoms with Crippen molar-refractivity contribution in [1.29, 1.82) is 0 Å². The molecule has 4 heteroatoms. The van der Waals surface area contributed by atoms with Crippen molar-refractivity contribution in [3.63, 3.8) is 0 Å². The van der Waals surface area contributed by atoms with Crippen LogP contribution in [0.1, 0.15) is 18.9 Å². The minimum atomic E-state index is 0.617. The summed E-state index contributed by atoms with van der Waals surface area (Å²) in [7, 11) is 2.17. The first-order chi connectivity index (χ1) is 7.63. The number of rotatable bonds is 6. The summed E-state index contributed by atoms with van der Waals surface area (Å²) in [5, 5.41) is 0. The molecule has 1 aromatic rings. The van der Waals surface area contributed by atoms with Gasteiger partial charge in [0.1, 0.15) is 0 Å². The van der Waals surface area contributed by atoms with Gasteiger partial charge in [-0.15, -0.1) is 0 Å². The topological polar surface area (TPSA) is 16.1 Å². The van der Waals surface area contributed by atoms with Crippen molar-refractivity contribution in [2.75, 3.05) is 19.1 Å². The minimum Gasteiger partial charge on any atom is -0.299 e. The van der Waals surface area contributed by atoms with E-state index in [2.05, 4.69) is 52.1 Å². The monoisotopic (exact) mass is 302 g/mol. The maximum atomic E-state index is 4.18. The second-order valence-electron chi connectivity index (χ2n) is 4.06. The summed E-state index contributed by atoms with van der Waals surface area (Å²) in [6, 6.07) is 2.75. The predicted octanol–water partition coefficient (Wildman–Crippen LogP) is 3.42. The minimum absolute atomic E-state index is 0.617. The van der Waals surface area contributed by atoms with Crippen molar-refractivity contribution in [3.8, 4) is 0 Å². The zero-order valence-corrected chi connectivity index (χ0v) is 12.5. The van der Waals surface area contributed by atoms with Gasteiger partial charge in [-0.25, -0.2) is 0 Å². The Kier molecular flexibility index (Phi) is 6.39. The lowest BCUT2D eigenvalue weighted by Crippen LogP contribution is -2.29. The second kappa shape index (κ2) is 7.30. The van der Waals surface area contributed by atoms with Crippen LogP contribution in [-0.2, 0) is 6.54 Å². The molecule has 0 N–H and O–H groups in total. The van der Waals surface area contributed by atoms with E-state index in [1.54, 1.807) is 0 Å². The average Bonchev–Trinajstić information content (AvgIpc) is 2.25. The van der Waals surface area contributed by atoms with E-state index in [9.17, 15) is 0 Å². The summed E-state index contributed by atoms with van der Waals surface area (Å²) in [4.78, 5) is 6.56. The molecule has 1 rings (SSSR count). The Balaban J connectivity index is 2.47. The highest BCUT2D eigenvalue weighted by Crippen LogP contribution is 2.13. The van der Waals surface area contributed by atoms with Crippen LogP contribution in [0.2, 0.25) is 0 Å². The van der Waals surface area contributed by atoms with Crippen molar-refractivity contribution >= 4 is 27.7 Å². The van der Waals surface area contributed by atoms with Crippen molar-refractivity contribution in [2.24, 2.45) is 0 Å². The van der Waals surface area contributed by atoms with Crippen LogP contribution in [0, 0.1) is 0 Å². The Labute approximate surface area is 111 Å². The first kappa shape index (κ1) is 14.0. The third-order valence-corrected chi connectivity index (χ3v) is 3.76. The van der Waals surface area contributed by atoms with Crippen LogP contribution in [-0.4, -0.2) is 35.0 Å². The van der Waals surface area contributed by atoms with Gasteiger partial charge in [0, 0.05) is 29.5 Å². The molecule has 0 bridgehead atoms. The third-order valence-electron chi connectivity index (χ3n) is 2.69. The molecule has 0 aliphatic rings. The highest BCUT2D eigenvalue weighted by molar-refractivity contribution is 9.10. The van der Waals surface area contributed by atoms with Gasteiger partial charge in [0.15, 0.2) is 0 Å². The van der Waals surface area contributed by atoms with Crippen LogP contribution in [0.25, 0.3) is 0 Å². The molecule has 1 unspecified atom stereocenters. The Bertz CT molecular complexity index is 320. The van der Waals surface area contributed by atoms with E-state index in [0.29, 0.717) is 6.04 Å². The molecule has 2 nitrogen and oxygen atoms in total. The lowest BCUT2D eigenvalue weighted by atomic mass is 10.2. The molecule has 0 saturated carbocycles. The second-order valence-corrected chi connectivity index (χ2v) is 5.96. The van der Waals surface area contributed by atoms with Crippen molar-refractivity contribution in [1.82, 2.24) is 9.88 Å². The molecule has 0 fully saturated rings. The molecule has 0 saturated heterocycles. The molecule has 90 valence electrons. The molecule has 1 aromatic heterocycles. The molecule has 1 heterocycles. The highest BCUT2D eigenvalue weighted by Gasteiger charge is 2.09. The molecule has 0 spiro atoms. The van der Waals surface area contributed by atoms with E-state index < -0.39 is 0 Å². The number of hydrogen-bond acceptors (Lipinski definition) is 3. The van der Waals surface area contributed by atoms with Crippen molar-refractivity contribution < 1.29 is 0 Å². The normalized spacial score (nSPS) is 13.1. The molecule has 0 radical (unpaired) electrons. The molecule has 0 aromatic carbocycles. The Morgan fingerprint density at radius 2 is 2.25 bits per heavy atom. The molecule has 16 heavy (non-hydrogen) atoms. The largest absolute Gasteiger partial charge is 0.299 e. The van der Waals surface area contributed by atoms with Crippen LogP contribution in [0.3, 0.4) is 0 Å². The Morgan fingerprint density at radius 1 is 1.50 bits per heavy atom. The lowest BCUT2D eigenvalue weighted by Gasteiger charge is -2.24. The fourth-order valence-electron chi connectivity index (χ4n) is 1.49. The van der Waals surface area contributed by atoms with Gasteiger partial charge in [-0.05, 0) is 60.0 Å². The summed E-state index contributed by atoms with van der Waals surface area (Å²) in [5.41, 5.74) is 1.26. The SMILES string of the molecule is CSCCC(C)N(C)Cc1cncc(Br)c1. The first-order valence-corrected chi connectivity index (χ1v) is 7.60. The van der Waals surface area contributed by atoms with E-state index in [0.717, 1.165) is 11.0 Å². The zero-order chi connectivity index (χ0) is 12.0. The smallest absolute Gasteiger partial charge is 0.0410 e.